The van der Waals surface area contributed by atoms with Crippen molar-refractivity contribution >= 4 is 0 Å². The van der Waals surface area contributed by atoms with Crippen molar-refractivity contribution < 1.29 is 4.74 Å². The molecule has 1 saturated carbocycles. The van der Waals surface area contributed by atoms with Gasteiger partial charge in [-0.25, -0.2) is 0 Å². The van der Waals surface area contributed by atoms with E-state index in [2.05, 4.69) is 19.2 Å². The maximum Gasteiger partial charge on any atom is 0.0468 e. The minimum Gasteiger partial charge on any atom is -0.385 e. The molecule has 0 atom stereocenters. The standard InChI is InChI=1S/C13H28N2O/c1-4-13(14,5-2)11-15-10-12(6-7-12)8-9-16-3/h15H,4-11,14H2,1-3H3. The molecule has 16 heavy (non-hydrogen) atoms. The van der Waals surface area contributed by atoms with E-state index in [1.54, 1.807) is 7.11 Å². The summed E-state index contributed by atoms with van der Waals surface area (Å²) < 4.78 is 5.15. The van der Waals surface area contributed by atoms with Gasteiger partial charge in [0.2, 0.25) is 0 Å². The molecule has 0 bridgehead atoms. The van der Waals surface area contributed by atoms with Crippen LogP contribution in [0.1, 0.15) is 46.0 Å². The first kappa shape index (κ1) is 13.9. The molecule has 96 valence electrons. The van der Waals surface area contributed by atoms with Gasteiger partial charge in [-0.05, 0) is 37.5 Å². The average Bonchev–Trinajstić information content (AvgIpc) is 3.07. The molecule has 3 heteroatoms. The smallest absolute Gasteiger partial charge is 0.0468 e. The summed E-state index contributed by atoms with van der Waals surface area (Å²) in [4.78, 5) is 0. The Morgan fingerprint density at radius 2 is 1.94 bits per heavy atom. The molecule has 1 aliphatic carbocycles. The van der Waals surface area contributed by atoms with Gasteiger partial charge in [-0.3, -0.25) is 0 Å². The Morgan fingerprint density at radius 3 is 2.38 bits per heavy atom. The number of ether oxygens (including phenoxy) is 1. The molecule has 0 spiro atoms. The Labute approximate surface area is 100 Å². The van der Waals surface area contributed by atoms with Gasteiger partial charge in [-0.15, -0.1) is 0 Å². The maximum atomic E-state index is 6.26. The van der Waals surface area contributed by atoms with E-state index in [1.807, 2.05) is 0 Å². The van der Waals surface area contributed by atoms with Gasteiger partial charge in [0, 0.05) is 32.3 Å². The number of methoxy groups -OCH3 is 1. The van der Waals surface area contributed by atoms with Crippen LogP contribution in [0.5, 0.6) is 0 Å². The molecular formula is C13H28N2O. The molecule has 0 aromatic heterocycles. The largest absolute Gasteiger partial charge is 0.385 e. The van der Waals surface area contributed by atoms with E-state index in [1.165, 1.54) is 19.3 Å². The maximum absolute atomic E-state index is 6.26. The molecule has 0 radical (unpaired) electrons. The first-order valence-electron chi connectivity index (χ1n) is 6.58. The Kier molecular flexibility index (Phi) is 5.22. The zero-order chi connectivity index (χ0) is 12.1. The molecule has 0 aromatic carbocycles. The van der Waals surface area contributed by atoms with Crippen molar-refractivity contribution in [1.29, 1.82) is 0 Å². The van der Waals surface area contributed by atoms with Gasteiger partial charge >= 0.3 is 0 Å². The highest BCUT2D eigenvalue weighted by Crippen LogP contribution is 2.48. The molecule has 0 heterocycles. The van der Waals surface area contributed by atoms with Crippen LogP contribution in [0.3, 0.4) is 0 Å². The number of hydrogen-bond donors (Lipinski definition) is 2. The van der Waals surface area contributed by atoms with Gasteiger partial charge in [-0.2, -0.15) is 0 Å². The second kappa shape index (κ2) is 5.99. The predicted molar refractivity (Wildman–Crippen MR) is 68.5 cm³/mol. The van der Waals surface area contributed by atoms with E-state index in [0.717, 1.165) is 32.5 Å². The molecule has 3 N–H and O–H groups in total. The van der Waals surface area contributed by atoms with Crippen LogP contribution in [0.15, 0.2) is 0 Å². The van der Waals surface area contributed by atoms with Crippen LogP contribution in [0.4, 0.5) is 0 Å². The third-order valence-corrected chi connectivity index (χ3v) is 4.18. The minimum absolute atomic E-state index is 0.0165. The number of hydrogen-bond acceptors (Lipinski definition) is 3. The number of nitrogens with one attached hydrogen (secondary N) is 1. The van der Waals surface area contributed by atoms with Gasteiger partial charge in [-0.1, -0.05) is 13.8 Å². The summed E-state index contributed by atoms with van der Waals surface area (Å²) in [6.07, 6.45) is 5.97. The van der Waals surface area contributed by atoms with Crippen molar-refractivity contribution in [2.75, 3.05) is 26.8 Å². The highest BCUT2D eigenvalue weighted by molar-refractivity contribution is 4.95. The fourth-order valence-corrected chi connectivity index (χ4v) is 2.09. The van der Waals surface area contributed by atoms with Gasteiger partial charge < -0.3 is 15.8 Å². The Morgan fingerprint density at radius 1 is 1.31 bits per heavy atom. The predicted octanol–water partition coefficient (Wildman–Crippen LogP) is 1.91. The zero-order valence-corrected chi connectivity index (χ0v) is 11.1. The molecule has 0 unspecified atom stereocenters. The van der Waals surface area contributed by atoms with E-state index in [0.29, 0.717) is 5.41 Å². The Balaban J connectivity index is 2.19. The summed E-state index contributed by atoms with van der Waals surface area (Å²) in [7, 11) is 1.78. The summed E-state index contributed by atoms with van der Waals surface area (Å²) in [6.45, 7) is 7.27. The second-order valence-corrected chi connectivity index (χ2v) is 5.42. The lowest BCUT2D eigenvalue weighted by atomic mass is 9.93. The molecule has 0 aliphatic heterocycles. The molecular weight excluding hydrogens is 200 g/mol. The van der Waals surface area contributed by atoms with E-state index in [9.17, 15) is 0 Å². The van der Waals surface area contributed by atoms with Crippen molar-refractivity contribution in [3.05, 3.63) is 0 Å². The Bertz CT molecular complexity index is 198. The van der Waals surface area contributed by atoms with Crippen LogP contribution in [-0.2, 0) is 4.74 Å². The lowest BCUT2D eigenvalue weighted by Gasteiger charge is -2.28. The van der Waals surface area contributed by atoms with Crippen LogP contribution in [0, 0.1) is 5.41 Å². The highest BCUT2D eigenvalue weighted by atomic mass is 16.5. The zero-order valence-electron chi connectivity index (χ0n) is 11.1. The lowest BCUT2D eigenvalue weighted by molar-refractivity contribution is 0.170. The van der Waals surface area contributed by atoms with Crippen LogP contribution in [-0.4, -0.2) is 32.3 Å². The summed E-state index contributed by atoms with van der Waals surface area (Å²) >= 11 is 0. The van der Waals surface area contributed by atoms with Crippen LogP contribution < -0.4 is 11.1 Å². The summed E-state index contributed by atoms with van der Waals surface area (Å²) in [5, 5.41) is 3.56. The van der Waals surface area contributed by atoms with E-state index in [4.69, 9.17) is 10.5 Å². The van der Waals surface area contributed by atoms with E-state index >= 15 is 0 Å². The van der Waals surface area contributed by atoms with Crippen molar-refractivity contribution in [2.24, 2.45) is 11.1 Å². The summed E-state index contributed by atoms with van der Waals surface area (Å²) in [5.74, 6) is 0. The highest BCUT2D eigenvalue weighted by Gasteiger charge is 2.41. The van der Waals surface area contributed by atoms with Crippen LogP contribution >= 0.6 is 0 Å². The summed E-state index contributed by atoms with van der Waals surface area (Å²) in [5.41, 5.74) is 6.77. The third-order valence-electron chi connectivity index (χ3n) is 4.18. The molecule has 0 aromatic rings. The van der Waals surface area contributed by atoms with Crippen molar-refractivity contribution in [2.45, 2.75) is 51.5 Å². The topological polar surface area (TPSA) is 47.3 Å². The van der Waals surface area contributed by atoms with Gasteiger partial charge in [0.15, 0.2) is 0 Å². The average molecular weight is 228 g/mol. The number of nitrogens with two attached hydrogens (primary N) is 1. The first-order chi connectivity index (χ1) is 7.60. The van der Waals surface area contributed by atoms with Gasteiger partial charge in [0.05, 0.1) is 0 Å². The van der Waals surface area contributed by atoms with Gasteiger partial charge in [0.25, 0.3) is 0 Å². The van der Waals surface area contributed by atoms with Crippen molar-refractivity contribution in [1.82, 2.24) is 5.32 Å². The molecule has 3 nitrogen and oxygen atoms in total. The monoisotopic (exact) mass is 228 g/mol. The SMILES string of the molecule is CCC(N)(CC)CNCC1(CCOC)CC1. The normalized spacial score (nSPS) is 18.8. The second-order valence-electron chi connectivity index (χ2n) is 5.42. The van der Waals surface area contributed by atoms with Crippen LogP contribution in [0.25, 0.3) is 0 Å². The molecule has 1 rings (SSSR count). The van der Waals surface area contributed by atoms with Crippen molar-refractivity contribution in [3.63, 3.8) is 0 Å². The quantitative estimate of drug-likeness (QED) is 0.634. The lowest BCUT2D eigenvalue weighted by Crippen LogP contribution is -2.48. The van der Waals surface area contributed by atoms with Crippen LogP contribution in [0.2, 0.25) is 0 Å². The molecule has 1 fully saturated rings. The van der Waals surface area contributed by atoms with E-state index < -0.39 is 0 Å². The molecule has 1 aliphatic rings. The Hall–Kier alpha value is -0.120. The number of rotatable bonds is 9. The fourth-order valence-electron chi connectivity index (χ4n) is 2.09. The molecule has 0 saturated heterocycles. The van der Waals surface area contributed by atoms with E-state index in [-0.39, 0.29) is 5.54 Å². The minimum atomic E-state index is -0.0165. The first-order valence-corrected chi connectivity index (χ1v) is 6.58. The summed E-state index contributed by atoms with van der Waals surface area (Å²) in [6, 6.07) is 0. The fraction of sp³-hybridized carbons (Fsp3) is 1.00. The van der Waals surface area contributed by atoms with Gasteiger partial charge in [0.1, 0.15) is 0 Å². The third kappa shape index (κ3) is 4.04. The van der Waals surface area contributed by atoms with Crippen molar-refractivity contribution in [3.8, 4) is 0 Å². The molecule has 0 amide bonds.